The van der Waals surface area contributed by atoms with E-state index < -0.39 is 0 Å². The molecule has 5 heteroatoms. The van der Waals surface area contributed by atoms with Crippen molar-refractivity contribution in [2.75, 3.05) is 11.1 Å². The highest BCUT2D eigenvalue weighted by Crippen LogP contribution is 2.36. The summed E-state index contributed by atoms with van der Waals surface area (Å²) >= 11 is 1.39. The van der Waals surface area contributed by atoms with Gasteiger partial charge in [-0.15, -0.1) is 0 Å². The molecule has 0 radical (unpaired) electrons. The van der Waals surface area contributed by atoms with Gasteiger partial charge in [-0.1, -0.05) is 30.3 Å². The van der Waals surface area contributed by atoms with Gasteiger partial charge in [-0.3, -0.25) is 4.98 Å². The molecular weight excluding hydrogens is 280 g/mol. The summed E-state index contributed by atoms with van der Waals surface area (Å²) in [6.45, 7) is 2.79. The maximum absolute atomic E-state index is 6.02. The number of hydrogen-bond acceptors (Lipinski definition) is 5. The predicted octanol–water partition coefficient (Wildman–Crippen LogP) is 3.71. The van der Waals surface area contributed by atoms with Crippen LogP contribution < -0.4 is 11.1 Å². The molecule has 0 bridgehead atoms. The molecule has 106 valence electrons. The Bertz CT molecular complexity index is 737. The third-order valence-electron chi connectivity index (χ3n) is 3.36. The zero-order chi connectivity index (χ0) is 14.7. The molecule has 0 unspecified atom stereocenters. The van der Waals surface area contributed by atoms with Crippen LogP contribution in [0.15, 0.2) is 48.8 Å². The maximum Gasteiger partial charge on any atom is 0.147 e. The number of benzene rings is 1. The van der Waals surface area contributed by atoms with E-state index in [4.69, 9.17) is 5.73 Å². The molecule has 0 amide bonds. The molecule has 3 aromatic rings. The van der Waals surface area contributed by atoms with Crippen LogP contribution >= 0.6 is 11.5 Å². The lowest BCUT2D eigenvalue weighted by molar-refractivity contribution is 1.10. The van der Waals surface area contributed by atoms with Crippen molar-refractivity contribution in [1.29, 1.82) is 0 Å². The SMILES string of the molecule is Cc1cnccc1CNc1snc(N)c1-c1ccccc1. The fraction of sp³-hybridized carbons (Fsp3) is 0.125. The van der Waals surface area contributed by atoms with Gasteiger partial charge in [0.1, 0.15) is 10.8 Å². The van der Waals surface area contributed by atoms with Gasteiger partial charge in [0.25, 0.3) is 0 Å². The van der Waals surface area contributed by atoms with E-state index in [0.717, 1.165) is 22.7 Å². The van der Waals surface area contributed by atoms with Crippen molar-refractivity contribution in [2.24, 2.45) is 0 Å². The highest BCUT2D eigenvalue weighted by Gasteiger charge is 2.13. The van der Waals surface area contributed by atoms with Crippen LogP contribution in [0.25, 0.3) is 11.1 Å². The predicted molar refractivity (Wildman–Crippen MR) is 88.3 cm³/mol. The number of hydrogen-bond donors (Lipinski definition) is 2. The number of nitrogen functional groups attached to an aromatic ring is 1. The highest BCUT2D eigenvalue weighted by molar-refractivity contribution is 7.11. The van der Waals surface area contributed by atoms with Crippen LogP contribution in [0, 0.1) is 6.92 Å². The van der Waals surface area contributed by atoms with Crippen molar-refractivity contribution in [2.45, 2.75) is 13.5 Å². The number of nitrogens with zero attached hydrogens (tertiary/aromatic N) is 2. The summed E-state index contributed by atoms with van der Waals surface area (Å²) in [7, 11) is 0. The number of pyridine rings is 1. The summed E-state index contributed by atoms with van der Waals surface area (Å²) in [5.41, 5.74) is 10.5. The second kappa shape index (κ2) is 5.93. The Balaban J connectivity index is 1.86. The van der Waals surface area contributed by atoms with E-state index in [-0.39, 0.29) is 0 Å². The Labute approximate surface area is 127 Å². The van der Waals surface area contributed by atoms with Crippen LogP contribution in [0.2, 0.25) is 0 Å². The Morgan fingerprint density at radius 1 is 1.19 bits per heavy atom. The molecule has 3 N–H and O–H groups in total. The average molecular weight is 296 g/mol. The lowest BCUT2D eigenvalue weighted by atomic mass is 10.1. The minimum Gasteiger partial charge on any atom is -0.382 e. The molecule has 2 aromatic heterocycles. The van der Waals surface area contributed by atoms with E-state index in [2.05, 4.69) is 21.6 Å². The molecule has 0 saturated heterocycles. The molecule has 0 spiro atoms. The number of rotatable bonds is 4. The highest BCUT2D eigenvalue weighted by atomic mass is 32.1. The first-order valence-electron chi connectivity index (χ1n) is 6.69. The van der Waals surface area contributed by atoms with Gasteiger partial charge < -0.3 is 11.1 Å². The molecular formula is C16H16N4S. The zero-order valence-corrected chi connectivity index (χ0v) is 12.5. The third kappa shape index (κ3) is 2.87. The van der Waals surface area contributed by atoms with Crippen molar-refractivity contribution >= 4 is 22.4 Å². The van der Waals surface area contributed by atoms with Crippen molar-refractivity contribution in [3.63, 3.8) is 0 Å². The topological polar surface area (TPSA) is 63.8 Å². The molecule has 3 rings (SSSR count). The van der Waals surface area contributed by atoms with Crippen LogP contribution in [0.3, 0.4) is 0 Å². The summed E-state index contributed by atoms with van der Waals surface area (Å²) < 4.78 is 4.27. The first-order chi connectivity index (χ1) is 10.3. The van der Waals surface area contributed by atoms with Crippen molar-refractivity contribution in [3.05, 3.63) is 59.9 Å². The van der Waals surface area contributed by atoms with Gasteiger partial charge in [0.05, 0.1) is 5.56 Å². The monoisotopic (exact) mass is 296 g/mol. The molecule has 0 aliphatic rings. The number of anilines is 2. The Hall–Kier alpha value is -2.40. The summed E-state index contributed by atoms with van der Waals surface area (Å²) in [5.74, 6) is 0.570. The first kappa shape index (κ1) is 13.6. The molecule has 0 fully saturated rings. The Morgan fingerprint density at radius 3 is 2.76 bits per heavy atom. The molecule has 4 nitrogen and oxygen atoms in total. The van der Waals surface area contributed by atoms with Gasteiger partial charge in [0, 0.05) is 18.9 Å². The minimum absolute atomic E-state index is 0.570. The molecule has 0 aliphatic carbocycles. The van der Waals surface area contributed by atoms with Crippen LogP contribution in [0.1, 0.15) is 11.1 Å². The van der Waals surface area contributed by atoms with Crippen molar-refractivity contribution < 1.29 is 0 Å². The Kier molecular flexibility index (Phi) is 3.83. The lowest BCUT2D eigenvalue weighted by Gasteiger charge is -2.09. The van der Waals surface area contributed by atoms with E-state index in [0.29, 0.717) is 5.82 Å². The minimum atomic E-state index is 0.570. The van der Waals surface area contributed by atoms with Gasteiger partial charge >= 0.3 is 0 Å². The summed E-state index contributed by atoms with van der Waals surface area (Å²) in [6, 6.07) is 12.1. The molecule has 0 saturated carbocycles. The molecule has 0 aliphatic heterocycles. The quantitative estimate of drug-likeness (QED) is 0.770. The largest absolute Gasteiger partial charge is 0.382 e. The van der Waals surface area contributed by atoms with Gasteiger partial charge in [-0.25, -0.2) is 0 Å². The maximum atomic E-state index is 6.02. The van der Waals surface area contributed by atoms with Crippen LogP contribution in [-0.2, 0) is 6.54 Å². The van der Waals surface area contributed by atoms with E-state index >= 15 is 0 Å². The van der Waals surface area contributed by atoms with E-state index in [1.807, 2.05) is 48.8 Å². The second-order valence-electron chi connectivity index (χ2n) is 4.79. The van der Waals surface area contributed by atoms with Crippen LogP contribution in [-0.4, -0.2) is 9.36 Å². The van der Waals surface area contributed by atoms with Crippen LogP contribution in [0.5, 0.6) is 0 Å². The lowest BCUT2D eigenvalue weighted by Crippen LogP contribution is -2.01. The zero-order valence-electron chi connectivity index (χ0n) is 11.7. The number of nitrogens with two attached hydrogens (primary N) is 1. The molecule has 21 heavy (non-hydrogen) atoms. The summed E-state index contributed by atoms with van der Waals surface area (Å²) in [4.78, 5) is 4.11. The standard InChI is InChI=1S/C16H16N4S/c1-11-9-18-8-7-13(11)10-19-16-14(15(17)20-21-16)12-5-3-2-4-6-12/h2-9,19H,10H2,1H3,(H2,17,20). The smallest absolute Gasteiger partial charge is 0.147 e. The number of aryl methyl sites for hydroxylation is 1. The fourth-order valence-electron chi connectivity index (χ4n) is 2.18. The van der Waals surface area contributed by atoms with Crippen molar-refractivity contribution in [1.82, 2.24) is 9.36 Å². The molecule has 2 heterocycles. The van der Waals surface area contributed by atoms with Gasteiger partial charge in [-0.2, -0.15) is 4.37 Å². The van der Waals surface area contributed by atoms with Gasteiger partial charge in [0.15, 0.2) is 0 Å². The summed E-state index contributed by atoms with van der Waals surface area (Å²) in [6.07, 6.45) is 3.68. The average Bonchev–Trinajstić information content (AvgIpc) is 2.88. The molecule has 1 aromatic carbocycles. The molecule has 0 atom stereocenters. The normalized spacial score (nSPS) is 10.5. The van der Waals surface area contributed by atoms with Crippen molar-refractivity contribution in [3.8, 4) is 11.1 Å². The van der Waals surface area contributed by atoms with Gasteiger partial charge in [-0.05, 0) is 41.2 Å². The second-order valence-corrected chi connectivity index (χ2v) is 5.57. The van der Waals surface area contributed by atoms with E-state index in [1.54, 1.807) is 0 Å². The fourth-order valence-corrected chi connectivity index (χ4v) is 2.91. The first-order valence-corrected chi connectivity index (χ1v) is 7.47. The number of aromatic nitrogens is 2. The third-order valence-corrected chi connectivity index (χ3v) is 4.18. The van der Waals surface area contributed by atoms with Gasteiger partial charge in [0.2, 0.25) is 0 Å². The summed E-state index contributed by atoms with van der Waals surface area (Å²) in [5, 5.41) is 4.43. The Morgan fingerprint density at radius 2 is 2.00 bits per heavy atom. The van der Waals surface area contributed by atoms with E-state index in [1.165, 1.54) is 22.7 Å². The van der Waals surface area contributed by atoms with E-state index in [9.17, 15) is 0 Å². The van der Waals surface area contributed by atoms with Crippen LogP contribution in [0.4, 0.5) is 10.8 Å². The number of nitrogens with one attached hydrogen (secondary N) is 1.